The minimum atomic E-state index is 0.384. The first-order valence-electron chi connectivity index (χ1n) is 7.75. The van der Waals surface area contributed by atoms with Crippen molar-refractivity contribution in [2.45, 2.75) is 25.9 Å². The van der Waals surface area contributed by atoms with Crippen LogP contribution in [0.3, 0.4) is 0 Å². The Morgan fingerprint density at radius 2 is 2.23 bits per heavy atom. The summed E-state index contributed by atoms with van der Waals surface area (Å²) in [6.45, 7) is 7.74. The number of nitrogens with one attached hydrogen (secondary N) is 1. The second kappa shape index (κ2) is 6.46. The Morgan fingerprint density at radius 3 is 3.05 bits per heavy atom. The molecule has 6 nitrogen and oxygen atoms in total. The van der Waals surface area contributed by atoms with Crippen LogP contribution in [0.25, 0.3) is 10.9 Å². The molecule has 3 rings (SSSR count). The molecule has 0 amide bonds. The van der Waals surface area contributed by atoms with E-state index in [2.05, 4.69) is 34.0 Å². The van der Waals surface area contributed by atoms with Gasteiger partial charge >= 0.3 is 0 Å². The van der Waals surface area contributed by atoms with Gasteiger partial charge in [-0.05, 0) is 26.0 Å². The molecule has 2 aromatic rings. The fraction of sp³-hybridized carbons (Fsp3) is 0.500. The van der Waals surface area contributed by atoms with Gasteiger partial charge in [0, 0.05) is 30.6 Å². The zero-order valence-electron chi connectivity index (χ0n) is 13.1. The summed E-state index contributed by atoms with van der Waals surface area (Å²) in [5, 5.41) is 4.20. The molecule has 1 aromatic heterocycles. The van der Waals surface area contributed by atoms with Crippen LogP contribution < -0.4 is 11.1 Å². The highest BCUT2D eigenvalue weighted by Crippen LogP contribution is 2.19. The average molecular weight is 301 g/mol. The summed E-state index contributed by atoms with van der Waals surface area (Å²) < 4.78 is 5.49. The van der Waals surface area contributed by atoms with Crippen molar-refractivity contribution in [2.24, 2.45) is 0 Å². The second-order valence-electron chi connectivity index (χ2n) is 5.84. The number of para-hydroxylation sites is 1. The highest BCUT2D eigenvalue weighted by Gasteiger charge is 2.23. The lowest BCUT2D eigenvalue weighted by atomic mass is 10.2. The number of fused-ring (bicyclic) bond motifs is 1. The number of hydrogen-bond donors (Lipinski definition) is 2. The number of anilines is 2. The maximum atomic E-state index is 6.01. The van der Waals surface area contributed by atoms with Gasteiger partial charge in [0.1, 0.15) is 5.82 Å². The molecule has 3 N–H and O–H groups in total. The summed E-state index contributed by atoms with van der Waals surface area (Å²) in [7, 11) is 0. The summed E-state index contributed by atoms with van der Waals surface area (Å²) in [4.78, 5) is 11.3. The van der Waals surface area contributed by atoms with Crippen LogP contribution in [0.5, 0.6) is 0 Å². The van der Waals surface area contributed by atoms with Gasteiger partial charge in [0.25, 0.3) is 0 Å². The van der Waals surface area contributed by atoms with Crippen LogP contribution >= 0.6 is 0 Å². The molecule has 1 aliphatic rings. The van der Waals surface area contributed by atoms with Crippen molar-refractivity contribution in [3.63, 3.8) is 0 Å². The molecule has 0 spiro atoms. The first-order valence-corrected chi connectivity index (χ1v) is 7.75. The van der Waals surface area contributed by atoms with Crippen LogP contribution in [0.1, 0.15) is 13.8 Å². The summed E-state index contributed by atoms with van der Waals surface area (Å²) >= 11 is 0. The van der Waals surface area contributed by atoms with Crippen LogP contribution in [0.4, 0.5) is 11.8 Å². The van der Waals surface area contributed by atoms with E-state index in [1.165, 1.54) is 0 Å². The van der Waals surface area contributed by atoms with E-state index in [0.29, 0.717) is 23.8 Å². The zero-order chi connectivity index (χ0) is 15.5. The molecule has 0 bridgehead atoms. The third kappa shape index (κ3) is 3.13. The van der Waals surface area contributed by atoms with E-state index in [0.717, 1.165) is 37.2 Å². The molecular weight excluding hydrogens is 278 g/mol. The van der Waals surface area contributed by atoms with Crippen LogP contribution in [0, 0.1) is 0 Å². The summed E-state index contributed by atoms with van der Waals surface area (Å²) in [6.07, 6.45) is 0. The predicted octanol–water partition coefficient (Wildman–Crippen LogP) is 1.73. The van der Waals surface area contributed by atoms with E-state index in [-0.39, 0.29) is 0 Å². The largest absolute Gasteiger partial charge is 0.383 e. The van der Waals surface area contributed by atoms with Crippen molar-refractivity contribution >= 4 is 22.7 Å². The Morgan fingerprint density at radius 1 is 1.41 bits per heavy atom. The average Bonchev–Trinajstić information content (AvgIpc) is 2.53. The predicted molar refractivity (Wildman–Crippen MR) is 88.9 cm³/mol. The SMILES string of the molecule is CC(CNc1nc(N)c2ccccc2n1)N1CCOCC1C. The highest BCUT2D eigenvalue weighted by atomic mass is 16.5. The summed E-state index contributed by atoms with van der Waals surface area (Å²) in [5.74, 6) is 1.10. The van der Waals surface area contributed by atoms with E-state index < -0.39 is 0 Å². The molecule has 2 atom stereocenters. The number of aromatic nitrogens is 2. The van der Waals surface area contributed by atoms with Crippen molar-refractivity contribution < 1.29 is 4.74 Å². The van der Waals surface area contributed by atoms with E-state index in [4.69, 9.17) is 10.5 Å². The molecule has 1 aliphatic heterocycles. The van der Waals surface area contributed by atoms with Crippen LogP contribution in [-0.4, -0.2) is 53.3 Å². The lowest BCUT2D eigenvalue weighted by Gasteiger charge is -2.37. The van der Waals surface area contributed by atoms with E-state index in [1.54, 1.807) is 0 Å². The molecule has 2 heterocycles. The van der Waals surface area contributed by atoms with Crippen LogP contribution in [0.2, 0.25) is 0 Å². The van der Waals surface area contributed by atoms with Crippen molar-refractivity contribution in [2.75, 3.05) is 37.4 Å². The van der Waals surface area contributed by atoms with Gasteiger partial charge < -0.3 is 15.8 Å². The van der Waals surface area contributed by atoms with Gasteiger partial charge in [0.15, 0.2) is 0 Å². The molecule has 22 heavy (non-hydrogen) atoms. The van der Waals surface area contributed by atoms with Gasteiger partial charge in [-0.25, -0.2) is 4.98 Å². The molecule has 1 saturated heterocycles. The number of ether oxygens (including phenoxy) is 1. The van der Waals surface area contributed by atoms with Gasteiger partial charge in [-0.3, -0.25) is 4.90 Å². The number of benzene rings is 1. The molecule has 2 unspecified atom stereocenters. The van der Waals surface area contributed by atoms with Gasteiger partial charge in [-0.1, -0.05) is 12.1 Å². The van der Waals surface area contributed by atoms with Crippen LogP contribution in [0.15, 0.2) is 24.3 Å². The third-order valence-electron chi connectivity index (χ3n) is 4.17. The number of nitrogens with two attached hydrogens (primary N) is 1. The Bertz CT molecular complexity index is 647. The molecule has 1 fully saturated rings. The Labute approximate surface area is 130 Å². The standard InChI is InChI=1S/C16H23N5O/c1-11(21-7-8-22-10-12(21)2)9-18-16-19-14-6-4-3-5-13(14)15(17)20-16/h3-6,11-12H,7-10H2,1-2H3,(H3,17,18,19,20). The molecule has 0 saturated carbocycles. The van der Waals surface area contributed by atoms with Gasteiger partial charge in [-0.2, -0.15) is 4.98 Å². The monoisotopic (exact) mass is 301 g/mol. The lowest BCUT2D eigenvalue weighted by Crippen LogP contribution is -2.50. The number of rotatable bonds is 4. The van der Waals surface area contributed by atoms with Crippen molar-refractivity contribution in [1.82, 2.24) is 14.9 Å². The number of hydrogen-bond acceptors (Lipinski definition) is 6. The minimum absolute atomic E-state index is 0.384. The summed E-state index contributed by atoms with van der Waals surface area (Å²) in [5.41, 5.74) is 6.88. The third-order valence-corrected chi connectivity index (χ3v) is 4.17. The fourth-order valence-corrected chi connectivity index (χ4v) is 2.93. The number of morpholine rings is 1. The molecule has 1 aromatic carbocycles. The molecule has 6 heteroatoms. The second-order valence-corrected chi connectivity index (χ2v) is 5.84. The van der Waals surface area contributed by atoms with Crippen molar-refractivity contribution in [3.8, 4) is 0 Å². The maximum absolute atomic E-state index is 6.01. The van der Waals surface area contributed by atoms with E-state index >= 15 is 0 Å². The fourth-order valence-electron chi connectivity index (χ4n) is 2.93. The van der Waals surface area contributed by atoms with Crippen molar-refractivity contribution in [1.29, 1.82) is 0 Å². The van der Waals surface area contributed by atoms with Gasteiger partial charge in [-0.15, -0.1) is 0 Å². The number of nitrogen functional groups attached to an aromatic ring is 1. The molecular formula is C16H23N5O. The van der Waals surface area contributed by atoms with E-state index in [1.807, 2.05) is 24.3 Å². The normalized spacial score (nSPS) is 20.9. The highest BCUT2D eigenvalue weighted by molar-refractivity contribution is 5.88. The van der Waals surface area contributed by atoms with Gasteiger partial charge in [0.2, 0.25) is 5.95 Å². The first-order chi connectivity index (χ1) is 10.6. The molecule has 0 radical (unpaired) electrons. The Hall–Kier alpha value is -1.92. The van der Waals surface area contributed by atoms with Gasteiger partial charge in [0.05, 0.1) is 18.7 Å². The summed E-state index contributed by atoms with van der Waals surface area (Å²) in [6, 6.07) is 8.61. The van der Waals surface area contributed by atoms with Crippen LogP contribution in [-0.2, 0) is 4.74 Å². The quantitative estimate of drug-likeness (QED) is 0.896. The smallest absolute Gasteiger partial charge is 0.225 e. The zero-order valence-corrected chi connectivity index (χ0v) is 13.1. The van der Waals surface area contributed by atoms with Crippen molar-refractivity contribution in [3.05, 3.63) is 24.3 Å². The minimum Gasteiger partial charge on any atom is -0.383 e. The maximum Gasteiger partial charge on any atom is 0.225 e. The lowest BCUT2D eigenvalue weighted by molar-refractivity contribution is -0.0159. The molecule has 0 aliphatic carbocycles. The molecule has 118 valence electrons. The Balaban J connectivity index is 1.68. The Kier molecular flexibility index (Phi) is 4.40. The topological polar surface area (TPSA) is 76.3 Å². The first kappa shape index (κ1) is 15.0. The van der Waals surface area contributed by atoms with E-state index in [9.17, 15) is 0 Å². The number of nitrogens with zero attached hydrogens (tertiary/aromatic N) is 3.